The molecule has 24 heavy (non-hydrogen) atoms. The standard InChI is InChI=1S/C18H22N4O2/c1-2-24-18(23)16-3-4-17(20-13-16)22-11-9-21(10-12-22)14-15-5-7-19-8-6-15/h3-8,13H,2,9-12,14H2,1H3. The number of rotatable bonds is 5. The monoisotopic (exact) mass is 326 g/mol. The Kier molecular flexibility index (Phi) is 5.38. The molecule has 0 N–H and O–H groups in total. The van der Waals surface area contributed by atoms with Gasteiger partial charge >= 0.3 is 5.97 Å². The van der Waals surface area contributed by atoms with Gasteiger partial charge in [0, 0.05) is 51.3 Å². The second kappa shape index (κ2) is 7.88. The number of nitrogens with zero attached hydrogens (tertiary/aromatic N) is 4. The third-order valence-corrected chi connectivity index (χ3v) is 4.11. The summed E-state index contributed by atoms with van der Waals surface area (Å²) in [6.07, 6.45) is 5.26. The first-order chi connectivity index (χ1) is 11.8. The SMILES string of the molecule is CCOC(=O)c1ccc(N2CCN(Cc3ccncc3)CC2)nc1. The molecule has 1 saturated heterocycles. The molecule has 1 aliphatic rings. The molecule has 1 aliphatic heterocycles. The number of esters is 1. The van der Waals surface area contributed by atoms with Crippen molar-refractivity contribution in [2.75, 3.05) is 37.7 Å². The lowest BCUT2D eigenvalue weighted by atomic mass is 10.2. The molecule has 0 saturated carbocycles. The highest BCUT2D eigenvalue weighted by Gasteiger charge is 2.18. The van der Waals surface area contributed by atoms with Crippen LogP contribution in [0.5, 0.6) is 0 Å². The van der Waals surface area contributed by atoms with Crippen molar-refractivity contribution >= 4 is 11.8 Å². The highest BCUT2D eigenvalue weighted by atomic mass is 16.5. The molecule has 1 fully saturated rings. The number of carbonyl (C=O) groups excluding carboxylic acids is 1. The first kappa shape index (κ1) is 16.4. The van der Waals surface area contributed by atoms with E-state index in [4.69, 9.17) is 4.74 Å². The molecule has 0 bridgehead atoms. The van der Waals surface area contributed by atoms with Crippen molar-refractivity contribution < 1.29 is 9.53 Å². The van der Waals surface area contributed by atoms with Gasteiger partial charge in [0.05, 0.1) is 12.2 Å². The zero-order valence-electron chi connectivity index (χ0n) is 13.9. The normalized spacial score (nSPS) is 15.3. The molecule has 2 aromatic heterocycles. The molecule has 0 unspecified atom stereocenters. The molecule has 0 radical (unpaired) electrons. The van der Waals surface area contributed by atoms with E-state index >= 15 is 0 Å². The van der Waals surface area contributed by atoms with E-state index < -0.39 is 0 Å². The maximum Gasteiger partial charge on any atom is 0.339 e. The molecular formula is C18H22N4O2. The number of hydrogen-bond acceptors (Lipinski definition) is 6. The highest BCUT2D eigenvalue weighted by molar-refractivity contribution is 5.89. The third kappa shape index (κ3) is 4.08. The molecular weight excluding hydrogens is 304 g/mol. The first-order valence-corrected chi connectivity index (χ1v) is 8.25. The molecule has 3 rings (SSSR count). The fourth-order valence-corrected chi connectivity index (χ4v) is 2.79. The Morgan fingerprint density at radius 2 is 1.88 bits per heavy atom. The van der Waals surface area contributed by atoms with E-state index in [2.05, 4.69) is 31.9 Å². The van der Waals surface area contributed by atoms with E-state index in [1.54, 1.807) is 19.2 Å². The minimum absolute atomic E-state index is 0.321. The van der Waals surface area contributed by atoms with Crippen LogP contribution in [-0.4, -0.2) is 53.6 Å². The number of pyridine rings is 2. The van der Waals surface area contributed by atoms with E-state index in [1.165, 1.54) is 5.56 Å². The van der Waals surface area contributed by atoms with Crippen LogP contribution < -0.4 is 4.90 Å². The molecule has 0 spiro atoms. The molecule has 2 aromatic rings. The van der Waals surface area contributed by atoms with Gasteiger partial charge in [-0.2, -0.15) is 0 Å². The Labute approximate surface area is 142 Å². The summed E-state index contributed by atoms with van der Waals surface area (Å²) in [5.74, 6) is 0.588. The molecule has 6 nitrogen and oxygen atoms in total. The summed E-state index contributed by atoms with van der Waals surface area (Å²) < 4.78 is 4.98. The number of piperazine rings is 1. The van der Waals surface area contributed by atoms with Crippen molar-refractivity contribution in [3.63, 3.8) is 0 Å². The highest BCUT2D eigenvalue weighted by Crippen LogP contribution is 2.15. The van der Waals surface area contributed by atoms with Gasteiger partial charge in [-0.3, -0.25) is 9.88 Å². The summed E-state index contributed by atoms with van der Waals surface area (Å²) in [4.78, 5) is 24.8. The van der Waals surface area contributed by atoms with Crippen LogP contribution >= 0.6 is 0 Å². The summed E-state index contributed by atoms with van der Waals surface area (Å²) in [5.41, 5.74) is 1.78. The van der Waals surface area contributed by atoms with Crippen LogP contribution in [0.3, 0.4) is 0 Å². The van der Waals surface area contributed by atoms with Gasteiger partial charge in [0.25, 0.3) is 0 Å². The summed E-state index contributed by atoms with van der Waals surface area (Å²) in [6, 6.07) is 7.79. The van der Waals surface area contributed by atoms with Crippen LogP contribution in [0.2, 0.25) is 0 Å². The summed E-state index contributed by atoms with van der Waals surface area (Å²) in [5, 5.41) is 0. The molecule has 0 aromatic carbocycles. The average Bonchev–Trinajstić information content (AvgIpc) is 2.64. The Morgan fingerprint density at radius 3 is 2.50 bits per heavy atom. The molecule has 126 valence electrons. The van der Waals surface area contributed by atoms with Gasteiger partial charge in [0.1, 0.15) is 5.82 Å². The molecule has 0 atom stereocenters. The fourth-order valence-electron chi connectivity index (χ4n) is 2.79. The van der Waals surface area contributed by atoms with Crippen molar-refractivity contribution in [1.29, 1.82) is 0 Å². The fraction of sp³-hybridized carbons (Fsp3) is 0.389. The van der Waals surface area contributed by atoms with Crippen LogP contribution in [0.15, 0.2) is 42.9 Å². The van der Waals surface area contributed by atoms with Crippen molar-refractivity contribution in [1.82, 2.24) is 14.9 Å². The summed E-state index contributed by atoms with van der Waals surface area (Å²) >= 11 is 0. The summed E-state index contributed by atoms with van der Waals surface area (Å²) in [7, 11) is 0. The van der Waals surface area contributed by atoms with Gasteiger partial charge in [0.2, 0.25) is 0 Å². The Hall–Kier alpha value is -2.47. The van der Waals surface area contributed by atoms with Gasteiger partial charge < -0.3 is 9.64 Å². The van der Waals surface area contributed by atoms with Crippen LogP contribution in [0, 0.1) is 0 Å². The van der Waals surface area contributed by atoms with E-state index in [-0.39, 0.29) is 5.97 Å². The number of ether oxygens (including phenoxy) is 1. The second-order valence-electron chi connectivity index (χ2n) is 5.74. The van der Waals surface area contributed by atoms with Crippen molar-refractivity contribution in [2.45, 2.75) is 13.5 Å². The smallest absolute Gasteiger partial charge is 0.339 e. The Morgan fingerprint density at radius 1 is 1.12 bits per heavy atom. The third-order valence-electron chi connectivity index (χ3n) is 4.11. The lowest BCUT2D eigenvalue weighted by Gasteiger charge is -2.35. The van der Waals surface area contributed by atoms with E-state index in [0.717, 1.165) is 38.5 Å². The van der Waals surface area contributed by atoms with Crippen molar-refractivity contribution in [2.24, 2.45) is 0 Å². The van der Waals surface area contributed by atoms with Crippen molar-refractivity contribution in [3.8, 4) is 0 Å². The van der Waals surface area contributed by atoms with Crippen molar-refractivity contribution in [3.05, 3.63) is 54.0 Å². The van der Waals surface area contributed by atoms with E-state index in [1.807, 2.05) is 18.5 Å². The van der Waals surface area contributed by atoms with Crippen LogP contribution in [-0.2, 0) is 11.3 Å². The topological polar surface area (TPSA) is 58.6 Å². The van der Waals surface area contributed by atoms with Gasteiger partial charge in [-0.1, -0.05) is 0 Å². The van der Waals surface area contributed by atoms with Gasteiger partial charge in [-0.15, -0.1) is 0 Å². The Balaban J connectivity index is 1.54. The lowest BCUT2D eigenvalue weighted by Crippen LogP contribution is -2.46. The number of carbonyl (C=O) groups is 1. The minimum Gasteiger partial charge on any atom is -0.462 e. The zero-order chi connectivity index (χ0) is 16.8. The minimum atomic E-state index is -0.321. The largest absolute Gasteiger partial charge is 0.462 e. The van der Waals surface area contributed by atoms with Gasteiger partial charge in [0.15, 0.2) is 0 Å². The predicted molar refractivity (Wildman–Crippen MR) is 91.9 cm³/mol. The number of anilines is 1. The number of hydrogen-bond donors (Lipinski definition) is 0. The quantitative estimate of drug-likeness (QED) is 0.783. The maximum absolute atomic E-state index is 11.7. The molecule has 0 aliphatic carbocycles. The lowest BCUT2D eigenvalue weighted by molar-refractivity contribution is 0.0526. The van der Waals surface area contributed by atoms with E-state index in [0.29, 0.717) is 12.2 Å². The Bertz CT molecular complexity index is 652. The molecule has 3 heterocycles. The second-order valence-corrected chi connectivity index (χ2v) is 5.74. The first-order valence-electron chi connectivity index (χ1n) is 8.25. The molecule has 6 heteroatoms. The maximum atomic E-state index is 11.7. The predicted octanol–water partition coefficient (Wildman–Crippen LogP) is 1.98. The van der Waals surface area contributed by atoms with Crippen LogP contribution in [0.25, 0.3) is 0 Å². The van der Waals surface area contributed by atoms with Gasteiger partial charge in [-0.05, 0) is 36.8 Å². The average molecular weight is 326 g/mol. The summed E-state index contributed by atoms with van der Waals surface area (Å²) in [6.45, 7) is 6.96. The zero-order valence-corrected chi connectivity index (χ0v) is 13.9. The number of aromatic nitrogens is 2. The van der Waals surface area contributed by atoms with E-state index in [9.17, 15) is 4.79 Å². The molecule has 0 amide bonds. The van der Waals surface area contributed by atoms with Crippen LogP contribution in [0.1, 0.15) is 22.8 Å². The van der Waals surface area contributed by atoms with Gasteiger partial charge in [-0.25, -0.2) is 9.78 Å². The van der Waals surface area contributed by atoms with Crippen LogP contribution in [0.4, 0.5) is 5.82 Å².